The molecule has 8 heteroatoms. The second kappa shape index (κ2) is 7.61. The lowest BCUT2D eigenvalue weighted by Gasteiger charge is -2.18. The van der Waals surface area contributed by atoms with Gasteiger partial charge in [-0.1, -0.05) is 0 Å². The maximum absolute atomic E-state index is 11.0. The van der Waals surface area contributed by atoms with Gasteiger partial charge in [0.2, 0.25) is 5.82 Å². The van der Waals surface area contributed by atoms with Crippen molar-refractivity contribution in [2.45, 2.75) is 12.8 Å². The van der Waals surface area contributed by atoms with Crippen LogP contribution < -0.4 is 15.1 Å². The van der Waals surface area contributed by atoms with Crippen molar-refractivity contribution >= 4 is 23.4 Å². The molecule has 2 heterocycles. The molecule has 0 saturated carbocycles. The molecule has 8 nitrogen and oxygen atoms in total. The molecule has 0 bridgehead atoms. The van der Waals surface area contributed by atoms with Gasteiger partial charge >= 0.3 is 5.69 Å². The first-order valence-corrected chi connectivity index (χ1v) is 8.00. The molecule has 0 atom stereocenters. The summed E-state index contributed by atoms with van der Waals surface area (Å²) < 4.78 is 5.44. The highest BCUT2D eigenvalue weighted by atomic mass is 16.6. The summed E-state index contributed by atoms with van der Waals surface area (Å²) in [6.07, 6.45) is 5.44. The van der Waals surface area contributed by atoms with E-state index in [1.54, 1.807) is 13.3 Å². The van der Waals surface area contributed by atoms with E-state index in [0.29, 0.717) is 5.75 Å². The number of hydrogen-bond donors (Lipinski definition) is 1. The number of aromatic nitrogens is 1. The van der Waals surface area contributed by atoms with Gasteiger partial charge in [0.15, 0.2) is 0 Å². The third kappa shape index (κ3) is 3.85. The SMILES string of the molecule is COc1cc(N2CCCC2)ccc1/C=N\Nc1ncccc1[N+](=O)[O-]. The number of hydrogen-bond acceptors (Lipinski definition) is 7. The molecule has 0 spiro atoms. The molecule has 0 amide bonds. The van der Waals surface area contributed by atoms with Crippen LogP contribution in [0.2, 0.25) is 0 Å². The first-order valence-electron chi connectivity index (χ1n) is 8.00. The maximum Gasteiger partial charge on any atom is 0.313 e. The lowest BCUT2D eigenvalue weighted by molar-refractivity contribution is -0.384. The average molecular weight is 341 g/mol. The number of nitro groups is 1. The summed E-state index contributed by atoms with van der Waals surface area (Å²) in [7, 11) is 1.61. The summed E-state index contributed by atoms with van der Waals surface area (Å²) in [6.45, 7) is 2.11. The molecule has 0 aliphatic carbocycles. The van der Waals surface area contributed by atoms with Crippen molar-refractivity contribution < 1.29 is 9.66 Å². The van der Waals surface area contributed by atoms with Crippen LogP contribution in [-0.4, -0.2) is 36.3 Å². The molecule has 25 heavy (non-hydrogen) atoms. The fraction of sp³-hybridized carbons (Fsp3) is 0.294. The lowest BCUT2D eigenvalue weighted by atomic mass is 10.2. The normalized spacial score (nSPS) is 14.0. The van der Waals surface area contributed by atoms with Crippen LogP contribution in [0, 0.1) is 10.1 Å². The van der Waals surface area contributed by atoms with Gasteiger partial charge in [0.1, 0.15) is 5.75 Å². The summed E-state index contributed by atoms with van der Waals surface area (Å²) in [4.78, 5) is 16.7. The first kappa shape index (κ1) is 16.7. The van der Waals surface area contributed by atoms with Crippen molar-refractivity contribution in [3.63, 3.8) is 0 Å². The summed E-state index contributed by atoms with van der Waals surface area (Å²) in [5.74, 6) is 0.793. The Kier molecular flexibility index (Phi) is 5.08. The lowest BCUT2D eigenvalue weighted by Crippen LogP contribution is -2.17. The smallest absolute Gasteiger partial charge is 0.313 e. The number of methoxy groups -OCH3 is 1. The van der Waals surface area contributed by atoms with E-state index in [1.165, 1.54) is 31.2 Å². The number of anilines is 2. The number of nitrogens with one attached hydrogen (secondary N) is 1. The summed E-state index contributed by atoms with van der Waals surface area (Å²) >= 11 is 0. The third-order valence-corrected chi connectivity index (χ3v) is 4.05. The molecule has 1 aromatic carbocycles. The molecule has 1 aliphatic rings. The highest BCUT2D eigenvalue weighted by molar-refractivity contribution is 5.85. The van der Waals surface area contributed by atoms with Gasteiger partial charge in [-0.05, 0) is 31.0 Å². The summed E-state index contributed by atoms with van der Waals surface area (Å²) in [5.41, 5.74) is 4.39. The molecule has 0 radical (unpaired) electrons. The largest absolute Gasteiger partial charge is 0.496 e. The van der Waals surface area contributed by atoms with Crippen molar-refractivity contribution in [3.05, 3.63) is 52.2 Å². The zero-order valence-electron chi connectivity index (χ0n) is 13.9. The monoisotopic (exact) mass is 341 g/mol. The molecule has 2 aromatic rings. The van der Waals surface area contributed by atoms with Crippen molar-refractivity contribution in [2.24, 2.45) is 5.10 Å². The van der Waals surface area contributed by atoms with E-state index < -0.39 is 4.92 Å². The third-order valence-electron chi connectivity index (χ3n) is 4.05. The minimum Gasteiger partial charge on any atom is -0.496 e. The van der Waals surface area contributed by atoms with Crippen molar-refractivity contribution in [1.82, 2.24) is 4.98 Å². The maximum atomic E-state index is 11.0. The topological polar surface area (TPSA) is 92.9 Å². The van der Waals surface area contributed by atoms with Crippen LogP contribution in [-0.2, 0) is 0 Å². The molecular formula is C17H19N5O3. The first-order chi connectivity index (χ1) is 12.2. The molecule has 1 aliphatic heterocycles. The van der Waals surface area contributed by atoms with Gasteiger partial charge in [-0.3, -0.25) is 15.5 Å². The molecule has 1 N–H and O–H groups in total. The van der Waals surface area contributed by atoms with E-state index in [9.17, 15) is 10.1 Å². The number of ether oxygens (including phenoxy) is 1. The predicted molar refractivity (Wildman–Crippen MR) is 96.5 cm³/mol. The van der Waals surface area contributed by atoms with Gasteiger partial charge in [-0.2, -0.15) is 5.10 Å². The Bertz CT molecular complexity index is 788. The van der Waals surface area contributed by atoms with E-state index in [0.717, 1.165) is 24.3 Å². The summed E-state index contributed by atoms with van der Waals surface area (Å²) in [5, 5.41) is 15.0. The highest BCUT2D eigenvalue weighted by Gasteiger charge is 2.15. The average Bonchev–Trinajstić information content (AvgIpc) is 3.17. The van der Waals surface area contributed by atoms with Crippen molar-refractivity contribution in [2.75, 3.05) is 30.5 Å². The molecule has 1 aromatic heterocycles. The zero-order chi connectivity index (χ0) is 17.6. The van der Waals surface area contributed by atoms with Gasteiger partial charge in [-0.25, -0.2) is 4.98 Å². The van der Waals surface area contributed by atoms with E-state index in [2.05, 4.69) is 20.4 Å². The number of nitrogens with zero attached hydrogens (tertiary/aromatic N) is 4. The van der Waals surface area contributed by atoms with Crippen LogP contribution in [0.1, 0.15) is 18.4 Å². The van der Waals surface area contributed by atoms with Gasteiger partial charge in [0, 0.05) is 42.7 Å². The highest BCUT2D eigenvalue weighted by Crippen LogP contribution is 2.27. The van der Waals surface area contributed by atoms with Crippen LogP contribution in [0.3, 0.4) is 0 Å². The fourth-order valence-electron chi connectivity index (χ4n) is 2.77. The molecule has 1 fully saturated rings. The number of pyridine rings is 1. The van der Waals surface area contributed by atoms with Crippen LogP contribution in [0.5, 0.6) is 5.75 Å². The number of benzene rings is 1. The fourth-order valence-corrected chi connectivity index (χ4v) is 2.77. The zero-order valence-corrected chi connectivity index (χ0v) is 13.9. The van der Waals surface area contributed by atoms with E-state index in [-0.39, 0.29) is 11.5 Å². The Morgan fingerprint density at radius 3 is 2.88 bits per heavy atom. The van der Waals surface area contributed by atoms with Crippen molar-refractivity contribution in [3.8, 4) is 5.75 Å². The Balaban J connectivity index is 1.76. The molecule has 1 saturated heterocycles. The Morgan fingerprint density at radius 2 is 2.16 bits per heavy atom. The van der Waals surface area contributed by atoms with Crippen molar-refractivity contribution in [1.29, 1.82) is 0 Å². The number of rotatable bonds is 6. The quantitative estimate of drug-likeness (QED) is 0.493. The summed E-state index contributed by atoms with van der Waals surface area (Å²) in [6, 6.07) is 8.81. The second-order valence-electron chi connectivity index (χ2n) is 5.62. The van der Waals surface area contributed by atoms with E-state index >= 15 is 0 Å². The molecule has 130 valence electrons. The molecule has 3 rings (SSSR count). The number of hydrazone groups is 1. The minimum atomic E-state index is -0.504. The van der Waals surface area contributed by atoms with Gasteiger partial charge in [-0.15, -0.1) is 0 Å². The van der Waals surface area contributed by atoms with Crippen LogP contribution in [0.15, 0.2) is 41.6 Å². The van der Waals surface area contributed by atoms with Crippen LogP contribution >= 0.6 is 0 Å². The predicted octanol–water partition coefficient (Wildman–Crippen LogP) is 3.04. The molecule has 0 unspecified atom stereocenters. The van der Waals surface area contributed by atoms with Gasteiger partial charge < -0.3 is 9.64 Å². The van der Waals surface area contributed by atoms with Gasteiger partial charge in [0.25, 0.3) is 0 Å². The van der Waals surface area contributed by atoms with Crippen LogP contribution in [0.25, 0.3) is 0 Å². The standard InChI is InChI=1S/C17H19N5O3/c1-25-16-11-14(21-9-2-3-10-21)7-6-13(16)12-19-20-17-15(22(23)24)5-4-8-18-17/h4-8,11-12H,2-3,9-10H2,1H3,(H,18,20)/b19-12-. The Labute approximate surface area is 145 Å². The van der Waals surface area contributed by atoms with Gasteiger partial charge in [0.05, 0.1) is 18.2 Å². The van der Waals surface area contributed by atoms with E-state index in [4.69, 9.17) is 4.74 Å². The Hall–Kier alpha value is -3.16. The van der Waals surface area contributed by atoms with Crippen LogP contribution in [0.4, 0.5) is 17.2 Å². The Morgan fingerprint density at radius 1 is 1.36 bits per heavy atom. The minimum absolute atomic E-state index is 0.0939. The van der Waals surface area contributed by atoms with E-state index in [1.807, 2.05) is 18.2 Å². The molecular weight excluding hydrogens is 322 g/mol. The second-order valence-corrected chi connectivity index (χ2v) is 5.62.